The molecule has 6 nitrogen and oxygen atoms in total. The van der Waals surface area contributed by atoms with Crippen LogP contribution in [0.4, 0.5) is 5.69 Å². The van der Waals surface area contributed by atoms with Gasteiger partial charge in [-0.25, -0.2) is 0 Å². The molecule has 0 saturated carbocycles. The van der Waals surface area contributed by atoms with Crippen molar-refractivity contribution < 1.29 is 22.6 Å². The quantitative estimate of drug-likeness (QED) is 0.681. The second-order valence-corrected chi connectivity index (χ2v) is 6.12. The third-order valence-corrected chi connectivity index (χ3v) is 3.80. The summed E-state index contributed by atoms with van der Waals surface area (Å²) in [6.45, 7) is 0. The molecule has 1 N–H and O–H groups in total. The molecule has 0 saturated heterocycles. The Morgan fingerprint density at radius 3 is 1.87 bits per heavy atom. The predicted molar refractivity (Wildman–Crippen MR) is 87.8 cm³/mol. The molecule has 2 aromatic carbocycles. The van der Waals surface area contributed by atoms with Gasteiger partial charge < -0.3 is 4.90 Å². The smallest absolute Gasteiger partial charge is 0.295 e. The van der Waals surface area contributed by atoms with Gasteiger partial charge in [-0.05, 0) is 30.3 Å². The van der Waals surface area contributed by atoms with Gasteiger partial charge >= 0.3 is 0 Å². The average molecular weight is 335 g/mol. The molecule has 0 aliphatic carbocycles. The summed E-state index contributed by atoms with van der Waals surface area (Å²) in [7, 11) is -0.340. The van der Waals surface area contributed by atoms with Gasteiger partial charge in [-0.15, -0.1) is 0 Å². The van der Waals surface area contributed by atoms with Gasteiger partial charge in [-0.1, -0.05) is 18.2 Å². The van der Waals surface area contributed by atoms with Crippen LogP contribution < -0.4 is 4.90 Å². The standard InChI is InChI=1S/C9H11NO.C7H6O4S/c1-10(2)9-5-3-8(7-11)4-6-9;8-5-6-3-1-2-4-7(6)12(9,10)11/h3-7H,1-2H3;1-5H,(H,9,10,11). The maximum absolute atomic E-state index is 10.6. The minimum Gasteiger partial charge on any atom is -0.378 e. The molecule has 0 unspecified atom stereocenters. The molecule has 7 heteroatoms. The summed E-state index contributed by atoms with van der Waals surface area (Å²) < 4.78 is 29.8. The molecule has 23 heavy (non-hydrogen) atoms. The normalized spacial score (nSPS) is 10.2. The van der Waals surface area contributed by atoms with E-state index in [9.17, 15) is 18.0 Å². The summed E-state index contributed by atoms with van der Waals surface area (Å²) >= 11 is 0. The highest BCUT2D eigenvalue weighted by molar-refractivity contribution is 7.86. The summed E-state index contributed by atoms with van der Waals surface area (Å²) in [5.41, 5.74) is 1.78. The van der Waals surface area contributed by atoms with Crippen LogP contribution in [0.15, 0.2) is 53.4 Å². The van der Waals surface area contributed by atoms with Crippen LogP contribution in [0.3, 0.4) is 0 Å². The molecule has 0 aromatic heterocycles. The van der Waals surface area contributed by atoms with Crippen molar-refractivity contribution in [2.45, 2.75) is 4.90 Å². The van der Waals surface area contributed by atoms with Crippen LogP contribution in [-0.4, -0.2) is 39.6 Å². The van der Waals surface area contributed by atoms with Crippen molar-refractivity contribution >= 4 is 28.4 Å². The second kappa shape index (κ2) is 8.21. The molecule has 0 heterocycles. The first kappa shape index (κ1) is 18.5. The number of benzene rings is 2. The summed E-state index contributed by atoms with van der Waals surface area (Å²) in [4.78, 5) is 22.2. The van der Waals surface area contributed by atoms with Crippen molar-refractivity contribution in [2.75, 3.05) is 19.0 Å². The Bertz CT molecular complexity index is 767. The lowest BCUT2D eigenvalue weighted by Crippen LogP contribution is -2.08. The fourth-order valence-electron chi connectivity index (χ4n) is 1.66. The SMILES string of the molecule is CN(C)c1ccc(C=O)cc1.O=Cc1ccccc1S(=O)(=O)O. The van der Waals surface area contributed by atoms with E-state index in [-0.39, 0.29) is 10.5 Å². The van der Waals surface area contributed by atoms with Gasteiger partial charge in [-0.3, -0.25) is 14.1 Å². The van der Waals surface area contributed by atoms with E-state index in [1.54, 1.807) is 0 Å². The van der Waals surface area contributed by atoms with Crippen LogP contribution in [0.25, 0.3) is 0 Å². The molecular weight excluding hydrogens is 318 g/mol. The van der Waals surface area contributed by atoms with E-state index in [4.69, 9.17) is 4.55 Å². The zero-order valence-electron chi connectivity index (χ0n) is 12.7. The topological polar surface area (TPSA) is 91.8 Å². The molecule has 2 aromatic rings. The van der Waals surface area contributed by atoms with E-state index in [1.807, 2.05) is 43.3 Å². The van der Waals surface area contributed by atoms with Gasteiger partial charge in [0.1, 0.15) is 11.2 Å². The third kappa shape index (κ3) is 5.65. The molecule has 0 aliphatic rings. The van der Waals surface area contributed by atoms with Crippen LogP contribution in [0.2, 0.25) is 0 Å². The fraction of sp³-hybridized carbons (Fsp3) is 0.125. The van der Waals surface area contributed by atoms with Crippen LogP contribution in [0, 0.1) is 0 Å². The van der Waals surface area contributed by atoms with Crippen molar-refractivity contribution in [3.05, 3.63) is 59.7 Å². The molecule has 0 atom stereocenters. The van der Waals surface area contributed by atoms with Gasteiger partial charge in [0.15, 0.2) is 6.29 Å². The van der Waals surface area contributed by atoms with Crippen molar-refractivity contribution in [3.8, 4) is 0 Å². The van der Waals surface area contributed by atoms with Gasteiger partial charge in [0, 0.05) is 30.9 Å². The van der Waals surface area contributed by atoms with Gasteiger partial charge in [0.25, 0.3) is 10.1 Å². The minimum atomic E-state index is -4.28. The van der Waals surface area contributed by atoms with Crippen molar-refractivity contribution in [1.82, 2.24) is 0 Å². The predicted octanol–water partition coefficient (Wildman–Crippen LogP) is 2.31. The van der Waals surface area contributed by atoms with E-state index in [0.29, 0.717) is 6.29 Å². The van der Waals surface area contributed by atoms with Crippen LogP contribution in [0.5, 0.6) is 0 Å². The van der Waals surface area contributed by atoms with Gasteiger partial charge in [0.2, 0.25) is 0 Å². The first-order chi connectivity index (χ1) is 10.8. The summed E-state index contributed by atoms with van der Waals surface area (Å²) in [5.74, 6) is 0. The Morgan fingerprint density at radius 1 is 0.913 bits per heavy atom. The molecule has 0 radical (unpaired) electrons. The number of hydrogen-bond donors (Lipinski definition) is 1. The zero-order valence-corrected chi connectivity index (χ0v) is 13.5. The lowest BCUT2D eigenvalue weighted by Gasteiger charge is -2.11. The van der Waals surface area contributed by atoms with Crippen LogP contribution in [0.1, 0.15) is 20.7 Å². The Balaban J connectivity index is 0.000000231. The summed E-state index contributed by atoms with van der Waals surface area (Å²) in [6, 6.07) is 12.9. The number of rotatable bonds is 4. The lowest BCUT2D eigenvalue weighted by atomic mass is 10.2. The molecule has 122 valence electrons. The fourth-order valence-corrected chi connectivity index (χ4v) is 2.33. The molecule has 0 amide bonds. The monoisotopic (exact) mass is 335 g/mol. The summed E-state index contributed by atoms with van der Waals surface area (Å²) in [5, 5.41) is 0. The third-order valence-electron chi connectivity index (χ3n) is 2.87. The molecule has 0 aliphatic heterocycles. The number of aldehydes is 2. The largest absolute Gasteiger partial charge is 0.378 e. The lowest BCUT2D eigenvalue weighted by molar-refractivity contribution is 0.111. The molecule has 0 spiro atoms. The summed E-state index contributed by atoms with van der Waals surface area (Å²) in [6.07, 6.45) is 1.22. The number of anilines is 1. The molecule has 0 bridgehead atoms. The van der Waals surface area contributed by atoms with Crippen LogP contribution >= 0.6 is 0 Å². The highest BCUT2D eigenvalue weighted by atomic mass is 32.2. The van der Waals surface area contributed by atoms with Crippen molar-refractivity contribution in [3.63, 3.8) is 0 Å². The van der Waals surface area contributed by atoms with Gasteiger partial charge in [0.05, 0.1) is 0 Å². The van der Waals surface area contributed by atoms with Crippen molar-refractivity contribution in [2.24, 2.45) is 0 Å². The Hall–Kier alpha value is -2.51. The van der Waals surface area contributed by atoms with E-state index in [2.05, 4.69) is 0 Å². The first-order valence-corrected chi connectivity index (χ1v) is 7.98. The Kier molecular flexibility index (Phi) is 6.62. The number of carbonyl (C=O) groups is 2. The highest BCUT2D eigenvalue weighted by Gasteiger charge is 2.13. The molecular formula is C16H17NO5S. The van der Waals surface area contributed by atoms with Crippen molar-refractivity contribution in [1.29, 1.82) is 0 Å². The highest BCUT2D eigenvalue weighted by Crippen LogP contribution is 2.12. The number of nitrogens with zero attached hydrogens (tertiary/aromatic N) is 1. The Labute approximate surface area is 135 Å². The number of hydrogen-bond acceptors (Lipinski definition) is 5. The molecule has 2 rings (SSSR count). The van der Waals surface area contributed by atoms with Gasteiger partial charge in [-0.2, -0.15) is 8.42 Å². The average Bonchev–Trinajstić information content (AvgIpc) is 2.54. The maximum Gasteiger partial charge on any atom is 0.295 e. The zero-order chi connectivity index (χ0) is 17.5. The van der Waals surface area contributed by atoms with E-state index in [1.165, 1.54) is 24.3 Å². The molecule has 0 fully saturated rings. The second-order valence-electron chi connectivity index (χ2n) is 4.73. The van der Waals surface area contributed by atoms with Crippen LogP contribution in [-0.2, 0) is 10.1 Å². The number of carbonyl (C=O) groups excluding carboxylic acids is 2. The first-order valence-electron chi connectivity index (χ1n) is 6.54. The van der Waals surface area contributed by atoms with E-state index in [0.717, 1.165) is 17.5 Å². The van der Waals surface area contributed by atoms with E-state index < -0.39 is 10.1 Å². The van der Waals surface area contributed by atoms with E-state index >= 15 is 0 Å². The maximum atomic E-state index is 10.6. The Morgan fingerprint density at radius 2 is 1.48 bits per heavy atom. The minimum absolute atomic E-state index is 0.0417.